The zero-order valence-electron chi connectivity index (χ0n) is 16.2. The number of fused-ring (bicyclic) bond motifs is 1. The molecule has 2 aliphatic heterocycles. The number of urea groups is 1. The topological polar surface area (TPSA) is 88.6 Å². The predicted molar refractivity (Wildman–Crippen MR) is 107 cm³/mol. The van der Waals surface area contributed by atoms with E-state index in [4.69, 9.17) is 19.4 Å². The van der Waals surface area contributed by atoms with E-state index >= 15 is 0 Å². The van der Waals surface area contributed by atoms with Crippen LogP contribution in [0.4, 0.5) is 16.3 Å². The Bertz CT molecular complexity index is 856. The fourth-order valence-electron chi connectivity index (χ4n) is 3.52. The van der Waals surface area contributed by atoms with Crippen molar-refractivity contribution in [2.75, 3.05) is 43.6 Å². The van der Waals surface area contributed by atoms with Gasteiger partial charge in [-0.3, -0.25) is 0 Å². The third-order valence-corrected chi connectivity index (χ3v) is 5.07. The van der Waals surface area contributed by atoms with Gasteiger partial charge in [-0.25, -0.2) is 14.8 Å². The minimum Gasteiger partial charge on any atom is -0.377 e. The van der Waals surface area contributed by atoms with E-state index in [9.17, 15) is 4.79 Å². The van der Waals surface area contributed by atoms with Gasteiger partial charge in [0.05, 0.1) is 38.2 Å². The number of ether oxygens (including phenoxy) is 2. The summed E-state index contributed by atoms with van der Waals surface area (Å²) in [6.07, 6.45) is 0.785. The Hall–Kier alpha value is -2.71. The van der Waals surface area contributed by atoms with Gasteiger partial charge in [0, 0.05) is 36.8 Å². The van der Waals surface area contributed by atoms with E-state index in [1.807, 2.05) is 24.3 Å². The Morgan fingerprint density at radius 1 is 1.18 bits per heavy atom. The van der Waals surface area contributed by atoms with E-state index in [1.54, 1.807) is 7.05 Å². The highest BCUT2D eigenvalue weighted by Gasteiger charge is 2.27. The number of aromatic nitrogens is 2. The van der Waals surface area contributed by atoms with Crippen molar-refractivity contribution in [1.82, 2.24) is 15.3 Å². The van der Waals surface area contributed by atoms with Crippen LogP contribution in [0.5, 0.6) is 0 Å². The molecule has 0 spiro atoms. The average molecular weight is 383 g/mol. The Morgan fingerprint density at radius 2 is 2.00 bits per heavy atom. The predicted octanol–water partition coefficient (Wildman–Crippen LogP) is 2.19. The molecule has 2 aliphatic rings. The molecule has 3 heterocycles. The van der Waals surface area contributed by atoms with Gasteiger partial charge in [-0.05, 0) is 31.2 Å². The number of carbonyl (C=O) groups excluding carboxylic acids is 1. The normalized spacial score (nSPS) is 19.1. The third kappa shape index (κ3) is 3.79. The van der Waals surface area contributed by atoms with Crippen LogP contribution in [0.3, 0.4) is 0 Å². The van der Waals surface area contributed by atoms with Gasteiger partial charge in [-0.15, -0.1) is 0 Å². The number of benzene rings is 1. The molecular formula is C20H25N5O3. The second kappa shape index (κ2) is 8.12. The molecule has 8 heteroatoms. The molecule has 1 aromatic heterocycles. The van der Waals surface area contributed by atoms with Gasteiger partial charge in [0.15, 0.2) is 5.82 Å². The van der Waals surface area contributed by atoms with E-state index in [-0.39, 0.29) is 12.1 Å². The quantitative estimate of drug-likeness (QED) is 0.845. The highest BCUT2D eigenvalue weighted by atomic mass is 16.5. The fraction of sp³-hybridized carbons (Fsp3) is 0.450. The number of rotatable bonds is 3. The Kier molecular flexibility index (Phi) is 5.40. The van der Waals surface area contributed by atoms with Crippen LogP contribution in [0.2, 0.25) is 0 Å². The number of morpholine rings is 1. The summed E-state index contributed by atoms with van der Waals surface area (Å²) in [5.74, 6) is 1.64. The minimum atomic E-state index is -0.249. The zero-order chi connectivity index (χ0) is 19.5. The first-order chi connectivity index (χ1) is 13.7. The van der Waals surface area contributed by atoms with Gasteiger partial charge < -0.3 is 25.0 Å². The third-order valence-electron chi connectivity index (χ3n) is 5.07. The summed E-state index contributed by atoms with van der Waals surface area (Å²) in [6.45, 7) is 5.56. The molecule has 2 aromatic rings. The maximum Gasteiger partial charge on any atom is 0.318 e. The zero-order valence-corrected chi connectivity index (χ0v) is 16.2. The van der Waals surface area contributed by atoms with Crippen molar-refractivity contribution in [2.45, 2.75) is 26.0 Å². The van der Waals surface area contributed by atoms with Gasteiger partial charge in [-0.2, -0.15) is 0 Å². The number of nitrogens with one attached hydrogen (secondary N) is 2. The van der Waals surface area contributed by atoms with Crippen LogP contribution in [-0.2, 0) is 22.5 Å². The number of hydrogen-bond acceptors (Lipinski definition) is 6. The van der Waals surface area contributed by atoms with Crippen LogP contribution in [-0.4, -0.2) is 55.5 Å². The van der Waals surface area contributed by atoms with Crippen molar-refractivity contribution in [3.63, 3.8) is 0 Å². The van der Waals surface area contributed by atoms with Crippen LogP contribution in [0.25, 0.3) is 11.4 Å². The maximum absolute atomic E-state index is 11.5. The lowest BCUT2D eigenvalue weighted by molar-refractivity contribution is 0.0952. The molecular weight excluding hydrogens is 358 g/mol. The van der Waals surface area contributed by atoms with Crippen molar-refractivity contribution in [1.29, 1.82) is 0 Å². The Balaban J connectivity index is 1.69. The number of carbonyl (C=O) groups is 1. The Labute approximate surface area is 164 Å². The summed E-state index contributed by atoms with van der Waals surface area (Å²) in [5.41, 5.74) is 3.77. The molecule has 8 nitrogen and oxygen atoms in total. The summed E-state index contributed by atoms with van der Waals surface area (Å²) >= 11 is 0. The van der Waals surface area contributed by atoms with Crippen molar-refractivity contribution in [2.24, 2.45) is 0 Å². The van der Waals surface area contributed by atoms with Gasteiger partial charge in [0.25, 0.3) is 0 Å². The van der Waals surface area contributed by atoms with Gasteiger partial charge in [-0.1, -0.05) is 0 Å². The van der Waals surface area contributed by atoms with Crippen molar-refractivity contribution >= 4 is 17.5 Å². The molecule has 0 radical (unpaired) electrons. The van der Waals surface area contributed by atoms with Crippen LogP contribution in [0.15, 0.2) is 24.3 Å². The van der Waals surface area contributed by atoms with E-state index in [0.717, 1.165) is 41.3 Å². The number of amides is 2. The first-order valence-corrected chi connectivity index (χ1v) is 9.57. The summed E-state index contributed by atoms with van der Waals surface area (Å²) in [7, 11) is 1.59. The van der Waals surface area contributed by atoms with E-state index in [0.29, 0.717) is 32.3 Å². The fourth-order valence-corrected chi connectivity index (χ4v) is 3.52. The molecule has 148 valence electrons. The van der Waals surface area contributed by atoms with E-state index < -0.39 is 0 Å². The summed E-state index contributed by atoms with van der Waals surface area (Å²) in [6, 6.07) is 7.57. The lowest BCUT2D eigenvalue weighted by Crippen LogP contribution is -2.45. The molecule has 4 rings (SSSR count). The molecule has 0 aliphatic carbocycles. The maximum atomic E-state index is 11.5. The Morgan fingerprint density at radius 3 is 2.75 bits per heavy atom. The summed E-state index contributed by atoms with van der Waals surface area (Å²) in [4.78, 5) is 23.5. The second-order valence-corrected chi connectivity index (χ2v) is 7.00. The average Bonchev–Trinajstić information content (AvgIpc) is 2.74. The summed E-state index contributed by atoms with van der Waals surface area (Å²) < 4.78 is 11.3. The number of anilines is 2. The highest BCUT2D eigenvalue weighted by Crippen LogP contribution is 2.31. The molecule has 1 aromatic carbocycles. The minimum absolute atomic E-state index is 0.249. The lowest BCUT2D eigenvalue weighted by Gasteiger charge is -2.36. The standard InChI is InChI=1S/C20H25N5O3/c1-13-11-28-10-8-25(13)19-16-12-27-9-7-17(16)23-18(24-19)14-3-5-15(6-4-14)22-20(26)21-2/h3-6,13H,7-12H2,1-2H3,(H2,21,22,26). The highest BCUT2D eigenvalue weighted by molar-refractivity contribution is 5.89. The monoisotopic (exact) mass is 383 g/mol. The molecule has 1 fully saturated rings. The molecule has 1 unspecified atom stereocenters. The van der Waals surface area contributed by atoms with Crippen LogP contribution in [0.1, 0.15) is 18.2 Å². The van der Waals surface area contributed by atoms with Crippen LogP contribution in [0, 0.1) is 0 Å². The van der Waals surface area contributed by atoms with Gasteiger partial charge in [0.1, 0.15) is 5.82 Å². The SMILES string of the molecule is CNC(=O)Nc1ccc(-c2nc3c(c(N4CCOCC4C)n2)COCC3)cc1. The number of hydrogen-bond donors (Lipinski definition) is 2. The molecule has 0 bridgehead atoms. The van der Waals surface area contributed by atoms with Crippen LogP contribution < -0.4 is 15.5 Å². The summed E-state index contributed by atoms with van der Waals surface area (Å²) in [5, 5.41) is 5.30. The lowest BCUT2D eigenvalue weighted by atomic mass is 10.1. The van der Waals surface area contributed by atoms with Crippen molar-refractivity contribution < 1.29 is 14.3 Å². The van der Waals surface area contributed by atoms with Crippen LogP contribution >= 0.6 is 0 Å². The van der Waals surface area contributed by atoms with E-state index in [2.05, 4.69) is 22.5 Å². The van der Waals surface area contributed by atoms with Crippen molar-refractivity contribution in [3.05, 3.63) is 35.5 Å². The largest absolute Gasteiger partial charge is 0.377 e. The molecule has 2 N–H and O–H groups in total. The molecule has 2 amide bonds. The molecule has 1 saturated heterocycles. The van der Waals surface area contributed by atoms with E-state index in [1.165, 1.54) is 0 Å². The molecule has 0 saturated carbocycles. The van der Waals surface area contributed by atoms with Gasteiger partial charge >= 0.3 is 6.03 Å². The molecule has 28 heavy (non-hydrogen) atoms. The second-order valence-electron chi connectivity index (χ2n) is 7.00. The van der Waals surface area contributed by atoms with Crippen molar-refractivity contribution in [3.8, 4) is 11.4 Å². The van der Waals surface area contributed by atoms with Gasteiger partial charge in [0.2, 0.25) is 0 Å². The molecule has 1 atom stereocenters. The first-order valence-electron chi connectivity index (χ1n) is 9.57. The smallest absolute Gasteiger partial charge is 0.318 e. The number of nitrogens with zero attached hydrogens (tertiary/aromatic N) is 3. The first kappa shape index (κ1) is 18.6.